The standard InChI is InChI=1S/C9H10BrFN2/c10-6-2-8(9(11)13-4-6)7-1-5(7)3-12/h2,4-5,7H,1,3,12H2/t5-,7+/m0/s1. The minimum atomic E-state index is -0.357. The number of rotatable bonds is 2. The molecule has 0 unspecified atom stereocenters. The van der Waals surface area contributed by atoms with Crippen LogP contribution in [0.15, 0.2) is 16.7 Å². The zero-order valence-corrected chi connectivity index (χ0v) is 8.59. The Balaban J connectivity index is 2.25. The Morgan fingerprint density at radius 1 is 1.69 bits per heavy atom. The molecule has 0 aromatic carbocycles. The van der Waals surface area contributed by atoms with Gasteiger partial charge in [-0.1, -0.05) is 0 Å². The molecule has 2 rings (SSSR count). The van der Waals surface area contributed by atoms with Crippen molar-refractivity contribution in [2.24, 2.45) is 11.7 Å². The van der Waals surface area contributed by atoms with Gasteiger partial charge in [0.25, 0.3) is 0 Å². The number of hydrogen-bond acceptors (Lipinski definition) is 2. The first kappa shape index (κ1) is 9.09. The fourth-order valence-corrected chi connectivity index (χ4v) is 1.94. The number of aromatic nitrogens is 1. The lowest BCUT2D eigenvalue weighted by Crippen LogP contribution is -2.03. The van der Waals surface area contributed by atoms with Crippen molar-refractivity contribution in [2.45, 2.75) is 12.3 Å². The Kier molecular flexibility index (Phi) is 2.34. The van der Waals surface area contributed by atoms with E-state index in [1.54, 1.807) is 6.07 Å². The number of nitrogens with two attached hydrogens (primary N) is 1. The first-order valence-electron chi connectivity index (χ1n) is 4.23. The van der Waals surface area contributed by atoms with E-state index in [1.807, 2.05) is 0 Å². The van der Waals surface area contributed by atoms with Gasteiger partial charge in [-0.25, -0.2) is 4.98 Å². The van der Waals surface area contributed by atoms with E-state index in [-0.39, 0.29) is 11.9 Å². The van der Waals surface area contributed by atoms with Gasteiger partial charge in [-0.05, 0) is 46.8 Å². The van der Waals surface area contributed by atoms with Gasteiger partial charge >= 0.3 is 0 Å². The lowest BCUT2D eigenvalue weighted by molar-refractivity contribution is 0.563. The van der Waals surface area contributed by atoms with Gasteiger partial charge < -0.3 is 5.73 Å². The molecule has 1 aromatic rings. The highest BCUT2D eigenvalue weighted by atomic mass is 79.9. The molecule has 13 heavy (non-hydrogen) atoms. The Bertz CT molecular complexity index is 329. The number of nitrogens with zero attached hydrogens (tertiary/aromatic N) is 1. The predicted octanol–water partition coefficient (Wildman–Crippen LogP) is 2.05. The summed E-state index contributed by atoms with van der Waals surface area (Å²) in [5.74, 6) is 0.379. The SMILES string of the molecule is NC[C@@H]1C[C@H]1c1cc(Br)cnc1F. The van der Waals surface area contributed by atoms with Gasteiger partial charge in [0.1, 0.15) is 0 Å². The first-order valence-corrected chi connectivity index (χ1v) is 5.02. The van der Waals surface area contributed by atoms with Crippen LogP contribution in [0.25, 0.3) is 0 Å². The molecule has 1 heterocycles. The summed E-state index contributed by atoms with van der Waals surface area (Å²) >= 11 is 3.27. The van der Waals surface area contributed by atoms with Gasteiger partial charge in [0, 0.05) is 16.2 Å². The molecular weight excluding hydrogens is 235 g/mol. The molecule has 0 saturated heterocycles. The van der Waals surface area contributed by atoms with Crippen molar-refractivity contribution in [2.75, 3.05) is 6.54 Å². The smallest absolute Gasteiger partial charge is 0.216 e. The van der Waals surface area contributed by atoms with Crippen molar-refractivity contribution >= 4 is 15.9 Å². The van der Waals surface area contributed by atoms with Gasteiger partial charge in [-0.15, -0.1) is 0 Å². The third-order valence-corrected chi connectivity index (χ3v) is 2.89. The second-order valence-electron chi connectivity index (χ2n) is 3.37. The fourth-order valence-electron chi connectivity index (χ4n) is 1.59. The van der Waals surface area contributed by atoms with Crippen LogP contribution >= 0.6 is 15.9 Å². The molecule has 1 aliphatic rings. The second kappa shape index (κ2) is 3.35. The molecule has 2 nitrogen and oxygen atoms in total. The molecule has 1 saturated carbocycles. The van der Waals surface area contributed by atoms with Crippen molar-refractivity contribution < 1.29 is 4.39 Å². The van der Waals surface area contributed by atoms with Crippen molar-refractivity contribution in [1.29, 1.82) is 0 Å². The summed E-state index contributed by atoms with van der Waals surface area (Å²) in [5, 5.41) is 0. The van der Waals surface area contributed by atoms with E-state index in [0.29, 0.717) is 18.0 Å². The van der Waals surface area contributed by atoms with Crippen LogP contribution in [0, 0.1) is 11.9 Å². The molecule has 70 valence electrons. The van der Waals surface area contributed by atoms with Crippen LogP contribution in [-0.4, -0.2) is 11.5 Å². The largest absolute Gasteiger partial charge is 0.330 e. The third kappa shape index (κ3) is 1.74. The van der Waals surface area contributed by atoms with Crippen molar-refractivity contribution in [3.05, 3.63) is 28.2 Å². The van der Waals surface area contributed by atoms with Crippen LogP contribution < -0.4 is 5.73 Å². The average Bonchev–Trinajstić information content (AvgIpc) is 2.88. The van der Waals surface area contributed by atoms with Gasteiger partial charge in [0.05, 0.1) is 0 Å². The zero-order valence-electron chi connectivity index (χ0n) is 7.00. The molecule has 1 aromatic heterocycles. The van der Waals surface area contributed by atoms with Crippen LogP contribution in [0.1, 0.15) is 17.9 Å². The summed E-state index contributed by atoms with van der Waals surface area (Å²) in [5.41, 5.74) is 6.19. The fraction of sp³-hybridized carbons (Fsp3) is 0.444. The maximum absolute atomic E-state index is 13.2. The quantitative estimate of drug-likeness (QED) is 0.810. The van der Waals surface area contributed by atoms with E-state index in [9.17, 15) is 4.39 Å². The van der Waals surface area contributed by atoms with Crippen molar-refractivity contribution in [1.82, 2.24) is 4.98 Å². The Morgan fingerprint density at radius 3 is 3.08 bits per heavy atom. The van der Waals surface area contributed by atoms with E-state index in [2.05, 4.69) is 20.9 Å². The molecule has 0 bridgehead atoms. The van der Waals surface area contributed by atoms with Gasteiger partial charge in [0.15, 0.2) is 0 Å². The number of hydrogen-bond donors (Lipinski definition) is 1. The zero-order chi connectivity index (χ0) is 9.42. The van der Waals surface area contributed by atoms with Crippen LogP contribution in [0.2, 0.25) is 0 Å². The Labute approximate surface area is 84.5 Å². The highest BCUT2D eigenvalue weighted by molar-refractivity contribution is 9.10. The normalized spacial score (nSPS) is 26.1. The monoisotopic (exact) mass is 244 g/mol. The van der Waals surface area contributed by atoms with E-state index < -0.39 is 0 Å². The topological polar surface area (TPSA) is 38.9 Å². The molecule has 0 aliphatic heterocycles. The molecule has 0 spiro atoms. The molecule has 0 radical (unpaired) electrons. The summed E-state index contributed by atoms with van der Waals surface area (Å²) in [7, 11) is 0. The van der Waals surface area contributed by atoms with Crippen LogP contribution in [0.5, 0.6) is 0 Å². The Morgan fingerprint density at radius 2 is 2.46 bits per heavy atom. The highest BCUT2D eigenvalue weighted by Gasteiger charge is 2.39. The van der Waals surface area contributed by atoms with Crippen molar-refractivity contribution in [3.8, 4) is 0 Å². The third-order valence-electron chi connectivity index (χ3n) is 2.46. The molecule has 1 aliphatic carbocycles. The van der Waals surface area contributed by atoms with Crippen LogP contribution in [0.4, 0.5) is 4.39 Å². The van der Waals surface area contributed by atoms with Crippen LogP contribution in [0.3, 0.4) is 0 Å². The van der Waals surface area contributed by atoms with E-state index >= 15 is 0 Å². The Hall–Kier alpha value is -0.480. The molecular formula is C9H10BrFN2. The highest BCUT2D eigenvalue weighted by Crippen LogP contribution is 2.47. The maximum Gasteiger partial charge on any atom is 0.216 e. The lowest BCUT2D eigenvalue weighted by Gasteiger charge is -2.00. The average molecular weight is 245 g/mol. The minimum absolute atomic E-state index is 0.287. The molecule has 1 fully saturated rings. The first-order chi connectivity index (χ1) is 6.22. The van der Waals surface area contributed by atoms with Gasteiger partial charge in [-0.3, -0.25) is 0 Å². The van der Waals surface area contributed by atoms with E-state index in [0.717, 1.165) is 10.9 Å². The summed E-state index contributed by atoms with van der Waals surface area (Å²) < 4.78 is 14.0. The summed E-state index contributed by atoms with van der Waals surface area (Å²) in [6, 6.07) is 1.79. The van der Waals surface area contributed by atoms with Gasteiger partial charge in [-0.2, -0.15) is 4.39 Å². The summed E-state index contributed by atoms with van der Waals surface area (Å²) in [4.78, 5) is 3.65. The predicted molar refractivity (Wildman–Crippen MR) is 51.8 cm³/mol. The number of halogens is 2. The van der Waals surface area contributed by atoms with Crippen molar-refractivity contribution in [3.63, 3.8) is 0 Å². The molecule has 4 heteroatoms. The van der Waals surface area contributed by atoms with Gasteiger partial charge in [0.2, 0.25) is 5.95 Å². The number of pyridine rings is 1. The van der Waals surface area contributed by atoms with Crippen LogP contribution in [-0.2, 0) is 0 Å². The second-order valence-corrected chi connectivity index (χ2v) is 4.29. The molecule has 0 amide bonds. The van der Waals surface area contributed by atoms with E-state index in [1.165, 1.54) is 6.20 Å². The molecule has 2 N–H and O–H groups in total. The van der Waals surface area contributed by atoms with E-state index in [4.69, 9.17) is 5.73 Å². The summed E-state index contributed by atoms with van der Waals surface area (Å²) in [6.07, 6.45) is 2.46. The molecule has 2 atom stereocenters. The lowest BCUT2D eigenvalue weighted by atomic mass is 10.1. The minimum Gasteiger partial charge on any atom is -0.330 e. The summed E-state index contributed by atoms with van der Waals surface area (Å²) in [6.45, 7) is 0.636. The maximum atomic E-state index is 13.2.